The number of hydrogen-bond donors (Lipinski definition) is 1. The Morgan fingerprint density at radius 2 is 2.35 bits per heavy atom. The van der Waals surface area contributed by atoms with Crippen LogP contribution in [0.25, 0.3) is 11.0 Å². The van der Waals surface area contributed by atoms with E-state index in [9.17, 15) is 4.79 Å². The maximum Gasteiger partial charge on any atom is 0.325 e. The highest BCUT2D eigenvalue weighted by atomic mass is 16.4. The topological polar surface area (TPSA) is 68.0 Å². The van der Waals surface area contributed by atoms with Crippen molar-refractivity contribution in [1.82, 2.24) is 14.8 Å². The zero-order valence-electron chi connectivity index (χ0n) is 9.55. The minimum atomic E-state index is -0.890. The van der Waals surface area contributed by atoms with Gasteiger partial charge in [-0.2, -0.15) is 5.10 Å². The molecule has 17 heavy (non-hydrogen) atoms. The minimum Gasteiger partial charge on any atom is -0.480 e. The summed E-state index contributed by atoms with van der Waals surface area (Å²) < 4.78 is 1.49. The van der Waals surface area contributed by atoms with Crippen LogP contribution in [0.1, 0.15) is 30.0 Å². The summed E-state index contributed by atoms with van der Waals surface area (Å²) in [7, 11) is 0. The van der Waals surface area contributed by atoms with Crippen molar-refractivity contribution in [1.29, 1.82) is 0 Å². The largest absolute Gasteiger partial charge is 0.480 e. The summed E-state index contributed by atoms with van der Waals surface area (Å²) in [5, 5.41) is 14.3. The molecule has 0 unspecified atom stereocenters. The first kappa shape index (κ1) is 10.3. The van der Waals surface area contributed by atoms with E-state index >= 15 is 0 Å². The Hall–Kier alpha value is -1.91. The summed E-state index contributed by atoms with van der Waals surface area (Å²) in [6.45, 7) is 1.86. The summed E-state index contributed by atoms with van der Waals surface area (Å²) in [4.78, 5) is 15.1. The van der Waals surface area contributed by atoms with E-state index in [0.717, 1.165) is 29.5 Å². The normalized spacial score (nSPS) is 15.4. The Morgan fingerprint density at radius 1 is 1.59 bits per heavy atom. The summed E-state index contributed by atoms with van der Waals surface area (Å²) >= 11 is 0. The third-order valence-corrected chi connectivity index (χ3v) is 3.00. The van der Waals surface area contributed by atoms with Crippen LogP contribution in [0.3, 0.4) is 0 Å². The van der Waals surface area contributed by atoms with E-state index in [4.69, 9.17) is 5.11 Å². The van der Waals surface area contributed by atoms with Gasteiger partial charge in [-0.1, -0.05) is 0 Å². The van der Waals surface area contributed by atoms with Gasteiger partial charge < -0.3 is 5.11 Å². The van der Waals surface area contributed by atoms with E-state index in [0.29, 0.717) is 11.6 Å². The van der Waals surface area contributed by atoms with Crippen LogP contribution in [0.4, 0.5) is 0 Å². The standard InChI is InChI=1S/C12H13N3O2/c1-7-4-9-11(8-2-3-8)14-15(6-10(16)17)12(9)13-5-7/h4-5,8H,2-3,6H2,1H3,(H,16,17). The first-order valence-corrected chi connectivity index (χ1v) is 5.70. The van der Waals surface area contributed by atoms with Crippen molar-refractivity contribution in [2.45, 2.75) is 32.2 Å². The highest BCUT2D eigenvalue weighted by Crippen LogP contribution is 2.42. The van der Waals surface area contributed by atoms with Crippen LogP contribution >= 0.6 is 0 Å². The molecule has 1 saturated carbocycles. The van der Waals surface area contributed by atoms with Gasteiger partial charge in [-0.25, -0.2) is 9.67 Å². The van der Waals surface area contributed by atoms with Crippen LogP contribution in [0, 0.1) is 6.92 Å². The maximum absolute atomic E-state index is 10.8. The summed E-state index contributed by atoms with van der Waals surface area (Å²) in [5.41, 5.74) is 2.77. The second-order valence-electron chi connectivity index (χ2n) is 4.59. The molecule has 1 fully saturated rings. The van der Waals surface area contributed by atoms with Crippen molar-refractivity contribution in [3.8, 4) is 0 Å². The average Bonchev–Trinajstić information content (AvgIpc) is 3.03. The zero-order chi connectivity index (χ0) is 12.0. The predicted molar refractivity (Wildman–Crippen MR) is 61.9 cm³/mol. The summed E-state index contributed by atoms with van der Waals surface area (Å²) in [6, 6.07) is 2.04. The van der Waals surface area contributed by atoms with Crippen molar-refractivity contribution in [2.24, 2.45) is 0 Å². The van der Waals surface area contributed by atoms with Gasteiger partial charge in [0.25, 0.3) is 0 Å². The first-order chi connectivity index (χ1) is 8.15. The molecule has 3 rings (SSSR count). The fraction of sp³-hybridized carbons (Fsp3) is 0.417. The number of carboxylic acid groups (broad SMARTS) is 1. The molecule has 88 valence electrons. The van der Waals surface area contributed by atoms with Crippen LogP contribution in [0.5, 0.6) is 0 Å². The molecule has 1 aliphatic rings. The van der Waals surface area contributed by atoms with Gasteiger partial charge in [-0.3, -0.25) is 4.79 Å². The molecule has 0 spiro atoms. The highest BCUT2D eigenvalue weighted by Gasteiger charge is 2.29. The van der Waals surface area contributed by atoms with E-state index in [1.807, 2.05) is 13.0 Å². The summed E-state index contributed by atoms with van der Waals surface area (Å²) in [5.74, 6) is -0.393. The van der Waals surface area contributed by atoms with Gasteiger partial charge in [-0.05, 0) is 31.4 Å². The van der Waals surface area contributed by atoms with Crippen molar-refractivity contribution >= 4 is 17.0 Å². The monoisotopic (exact) mass is 231 g/mol. The van der Waals surface area contributed by atoms with Crippen molar-refractivity contribution in [2.75, 3.05) is 0 Å². The number of aliphatic carboxylic acids is 1. The molecule has 0 aliphatic heterocycles. The van der Waals surface area contributed by atoms with Crippen molar-refractivity contribution < 1.29 is 9.90 Å². The highest BCUT2D eigenvalue weighted by molar-refractivity contribution is 5.81. The number of rotatable bonds is 3. The Kier molecular flexibility index (Phi) is 2.14. The van der Waals surface area contributed by atoms with E-state index in [1.165, 1.54) is 4.68 Å². The molecule has 5 heteroatoms. The second kappa shape index (κ2) is 3.55. The smallest absolute Gasteiger partial charge is 0.325 e. The molecule has 0 saturated heterocycles. The number of aryl methyl sites for hydroxylation is 1. The number of pyridine rings is 1. The molecule has 0 radical (unpaired) electrons. The molecular weight excluding hydrogens is 218 g/mol. The second-order valence-corrected chi connectivity index (χ2v) is 4.59. The van der Waals surface area contributed by atoms with Crippen molar-refractivity contribution in [3.05, 3.63) is 23.5 Å². The van der Waals surface area contributed by atoms with Gasteiger partial charge in [0.05, 0.1) is 5.69 Å². The number of carbonyl (C=O) groups is 1. The summed E-state index contributed by atoms with van der Waals surface area (Å²) in [6.07, 6.45) is 4.04. The van der Waals surface area contributed by atoms with E-state index < -0.39 is 5.97 Å². The molecule has 0 aromatic carbocycles. The Balaban J connectivity index is 2.19. The van der Waals surface area contributed by atoms with Crippen LogP contribution in [0.15, 0.2) is 12.3 Å². The Bertz CT molecular complexity index is 599. The van der Waals surface area contributed by atoms with Gasteiger partial charge in [-0.15, -0.1) is 0 Å². The van der Waals surface area contributed by atoms with Gasteiger partial charge in [0.1, 0.15) is 6.54 Å². The molecule has 0 amide bonds. The number of hydrogen-bond acceptors (Lipinski definition) is 3. The number of nitrogens with zero attached hydrogens (tertiary/aromatic N) is 3. The molecule has 0 bridgehead atoms. The van der Waals surface area contributed by atoms with Crippen LogP contribution < -0.4 is 0 Å². The van der Waals surface area contributed by atoms with E-state index in [2.05, 4.69) is 10.1 Å². The van der Waals surface area contributed by atoms with Gasteiger partial charge in [0.15, 0.2) is 5.65 Å². The number of carboxylic acids is 1. The van der Waals surface area contributed by atoms with Crippen LogP contribution in [-0.4, -0.2) is 25.8 Å². The van der Waals surface area contributed by atoms with E-state index in [1.54, 1.807) is 6.20 Å². The lowest BCUT2D eigenvalue weighted by Crippen LogP contribution is -2.10. The fourth-order valence-electron chi connectivity index (χ4n) is 2.08. The molecule has 2 heterocycles. The lowest BCUT2D eigenvalue weighted by Gasteiger charge is -1.97. The van der Waals surface area contributed by atoms with Gasteiger partial charge in [0, 0.05) is 17.5 Å². The average molecular weight is 231 g/mol. The third kappa shape index (κ3) is 1.77. The Labute approximate surface area is 98.1 Å². The third-order valence-electron chi connectivity index (χ3n) is 3.00. The van der Waals surface area contributed by atoms with Gasteiger partial charge in [0.2, 0.25) is 0 Å². The zero-order valence-corrected chi connectivity index (χ0v) is 9.55. The quantitative estimate of drug-likeness (QED) is 0.873. The molecular formula is C12H13N3O2. The molecule has 2 aromatic heterocycles. The molecule has 1 N–H and O–H groups in total. The maximum atomic E-state index is 10.8. The number of fused-ring (bicyclic) bond motifs is 1. The van der Waals surface area contributed by atoms with Crippen LogP contribution in [-0.2, 0) is 11.3 Å². The van der Waals surface area contributed by atoms with Crippen LogP contribution in [0.2, 0.25) is 0 Å². The molecule has 2 aromatic rings. The number of aromatic nitrogens is 3. The predicted octanol–water partition coefficient (Wildman–Crippen LogP) is 1.70. The van der Waals surface area contributed by atoms with Crippen molar-refractivity contribution in [3.63, 3.8) is 0 Å². The molecule has 0 atom stereocenters. The molecule has 5 nitrogen and oxygen atoms in total. The minimum absolute atomic E-state index is 0.126. The lowest BCUT2D eigenvalue weighted by atomic mass is 10.1. The lowest BCUT2D eigenvalue weighted by molar-refractivity contribution is -0.137. The molecule has 1 aliphatic carbocycles. The van der Waals surface area contributed by atoms with Gasteiger partial charge >= 0.3 is 5.97 Å². The SMILES string of the molecule is Cc1cnc2c(c1)c(C1CC1)nn2CC(=O)O. The first-order valence-electron chi connectivity index (χ1n) is 5.70. The Morgan fingerprint density at radius 3 is 3.00 bits per heavy atom. The fourth-order valence-corrected chi connectivity index (χ4v) is 2.08. The van der Waals surface area contributed by atoms with E-state index in [-0.39, 0.29) is 6.54 Å².